The summed E-state index contributed by atoms with van der Waals surface area (Å²) in [7, 11) is 1.62. The Bertz CT molecular complexity index is 847. The Morgan fingerprint density at radius 3 is 2.72 bits per heavy atom. The van der Waals surface area contributed by atoms with Crippen molar-refractivity contribution in [1.29, 1.82) is 0 Å². The molecule has 0 spiro atoms. The molecule has 0 saturated carbocycles. The van der Waals surface area contributed by atoms with Crippen LogP contribution in [0.1, 0.15) is 15.9 Å². The zero-order valence-corrected chi connectivity index (χ0v) is 17.0. The summed E-state index contributed by atoms with van der Waals surface area (Å²) in [5.74, 6) is 0.944. The van der Waals surface area contributed by atoms with Crippen LogP contribution in [0, 0.1) is 6.92 Å². The first-order valence-electron chi connectivity index (χ1n) is 9.78. The number of anilines is 1. The van der Waals surface area contributed by atoms with Crippen LogP contribution in [-0.2, 0) is 4.74 Å². The molecular formula is C22H28N4O3. The summed E-state index contributed by atoms with van der Waals surface area (Å²) in [6, 6.07) is 15.0. The molecule has 1 heterocycles. The van der Waals surface area contributed by atoms with Crippen molar-refractivity contribution >= 4 is 17.6 Å². The van der Waals surface area contributed by atoms with Gasteiger partial charge in [-0.25, -0.2) is 0 Å². The third-order valence-electron chi connectivity index (χ3n) is 4.63. The minimum absolute atomic E-state index is 0.200. The van der Waals surface area contributed by atoms with Crippen LogP contribution in [0.4, 0.5) is 5.69 Å². The lowest BCUT2D eigenvalue weighted by Gasteiger charge is -2.25. The number of aliphatic imine (C=N–C) groups is 1. The Kier molecular flexibility index (Phi) is 7.61. The van der Waals surface area contributed by atoms with E-state index in [1.165, 1.54) is 0 Å². The van der Waals surface area contributed by atoms with Crippen LogP contribution in [0.3, 0.4) is 0 Å². The number of methoxy groups -OCH3 is 1. The van der Waals surface area contributed by atoms with Gasteiger partial charge < -0.3 is 14.8 Å². The second kappa shape index (κ2) is 10.6. The van der Waals surface area contributed by atoms with E-state index < -0.39 is 0 Å². The fourth-order valence-corrected chi connectivity index (χ4v) is 3.04. The highest BCUT2D eigenvalue weighted by Gasteiger charge is 2.12. The van der Waals surface area contributed by atoms with Crippen LogP contribution in [-0.4, -0.2) is 63.3 Å². The second-order valence-corrected chi connectivity index (χ2v) is 6.86. The normalized spacial score (nSPS) is 15.0. The van der Waals surface area contributed by atoms with Crippen molar-refractivity contribution in [1.82, 2.24) is 10.2 Å². The topological polar surface area (TPSA) is 75.2 Å². The molecule has 0 aliphatic carbocycles. The van der Waals surface area contributed by atoms with Crippen molar-refractivity contribution in [2.24, 2.45) is 4.99 Å². The predicted octanol–water partition coefficient (Wildman–Crippen LogP) is 2.53. The van der Waals surface area contributed by atoms with Crippen molar-refractivity contribution in [2.45, 2.75) is 6.92 Å². The molecule has 7 nitrogen and oxygen atoms in total. The van der Waals surface area contributed by atoms with Gasteiger partial charge in [-0.3, -0.25) is 20.0 Å². The molecule has 29 heavy (non-hydrogen) atoms. The minimum Gasteiger partial charge on any atom is -0.497 e. The van der Waals surface area contributed by atoms with E-state index in [-0.39, 0.29) is 5.91 Å². The molecule has 2 aromatic rings. The Labute approximate surface area is 171 Å². The van der Waals surface area contributed by atoms with Crippen LogP contribution in [0.25, 0.3) is 0 Å². The Morgan fingerprint density at radius 2 is 1.97 bits per heavy atom. The van der Waals surface area contributed by atoms with Crippen LogP contribution < -0.4 is 15.4 Å². The van der Waals surface area contributed by atoms with Crippen LogP contribution in [0.5, 0.6) is 5.75 Å². The number of ether oxygens (including phenoxy) is 2. The highest BCUT2D eigenvalue weighted by atomic mass is 16.5. The van der Waals surface area contributed by atoms with E-state index in [0.29, 0.717) is 18.1 Å². The standard InChI is InChI=1S/C22H28N4O3/c1-17-5-3-6-18(15-17)21(27)25-22(23-9-10-26-11-13-29-14-12-26)24-19-7-4-8-20(16-19)28-2/h3-8,15-16H,9-14H2,1-2H3,(H2,23,24,25,27). The van der Waals surface area contributed by atoms with Gasteiger partial charge in [0.25, 0.3) is 5.91 Å². The smallest absolute Gasteiger partial charge is 0.257 e. The van der Waals surface area contributed by atoms with Gasteiger partial charge in [-0.15, -0.1) is 0 Å². The maximum Gasteiger partial charge on any atom is 0.257 e. The first kappa shape index (κ1) is 20.8. The third kappa shape index (κ3) is 6.58. The van der Waals surface area contributed by atoms with Crippen molar-refractivity contribution < 1.29 is 14.3 Å². The van der Waals surface area contributed by atoms with E-state index in [9.17, 15) is 4.79 Å². The van der Waals surface area contributed by atoms with Crippen molar-refractivity contribution in [3.8, 4) is 5.75 Å². The predicted molar refractivity (Wildman–Crippen MR) is 115 cm³/mol. The molecule has 0 atom stereocenters. The molecular weight excluding hydrogens is 368 g/mol. The van der Waals surface area contributed by atoms with Gasteiger partial charge in [0.05, 0.1) is 26.9 Å². The lowest BCUT2D eigenvalue weighted by atomic mass is 10.1. The number of amides is 1. The first-order valence-corrected chi connectivity index (χ1v) is 9.78. The molecule has 1 amide bonds. The molecule has 7 heteroatoms. The fourth-order valence-electron chi connectivity index (χ4n) is 3.04. The average Bonchev–Trinajstić information content (AvgIpc) is 2.74. The summed E-state index contributed by atoms with van der Waals surface area (Å²) in [5, 5.41) is 6.10. The van der Waals surface area contributed by atoms with Gasteiger partial charge in [0.1, 0.15) is 5.75 Å². The number of benzene rings is 2. The first-order chi connectivity index (χ1) is 14.1. The van der Waals surface area contributed by atoms with E-state index in [1.807, 2.05) is 49.4 Å². The summed E-state index contributed by atoms with van der Waals surface area (Å²) in [6.45, 7) is 6.66. The number of nitrogens with zero attached hydrogens (tertiary/aromatic N) is 2. The zero-order valence-electron chi connectivity index (χ0n) is 17.0. The molecule has 0 aromatic heterocycles. The number of hydrogen-bond acceptors (Lipinski definition) is 5. The van der Waals surface area contributed by atoms with Gasteiger partial charge in [-0.2, -0.15) is 0 Å². The molecule has 0 radical (unpaired) electrons. The molecule has 154 valence electrons. The van der Waals surface area contributed by atoms with Gasteiger partial charge in [0.2, 0.25) is 5.96 Å². The van der Waals surface area contributed by atoms with Gasteiger partial charge in [-0.1, -0.05) is 23.8 Å². The van der Waals surface area contributed by atoms with Crippen LogP contribution >= 0.6 is 0 Å². The largest absolute Gasteiger partial charge is 0.497 e. The third-order valence-corrected chi connectivity index (χ3v) is 4.63. The molecule has 1 aliphatic heterocycles. The quantitative estimate of drug-likeness (QED) is 0.580. The van der Waals surface area contributed by atoms with Crippen LogP contribution in [0.2, 0.25) is 0 Å². The fraction of sp³-hybridized carbons (Fsp3) is 0.364. The molecule has 2 aromatic carbocycles. The summed E-state index contributed by atoms with van der Waals surface area (Å²) in [4.78, 5) is 19.6. The van der Waals surface area contributed by atoms with E-state index in [4.69, 9.17) is 9.47 Å². The molecule has 1 saturated heterocycles. The number of carbonyl (C=O) groups excluding carboxylic acids is 1. The van der Waals surface area contributed by atoms with E-state index in [0.717, 1.165) is 49.8 Å². The number of hydrogen-bond donors (Lipinski definition) is 2. The van der Waals surface area contributed by atoms with Crippen LogP contribution in [0.15, 0.2) is 53.5 Å². The maximum absolute atomic E-state index is 12.7. The van der Waals surface area contributed by atoms with Gasteiger partial charge in [-0.05, 0) is 31.2 Å². The molecule has 3 rings (SSSR count). The van der Waals surface area contributed by atoms with E-state index in [1.54, 1.807) is 13.2 Å². The molecule has 1 aliphatic rings. The summed E-state index contributed by atoms with van der Waals surface area (Å²) >= 11 is 0. The van der Waals surface area contributed by atoms with E-state index in [2.05, 4.69) is 20.5 Å². The van der Waals surface area contributed by atoms with Crippen molar-refractivity contribution in [3.05, 3.63) is 59.7 Å². The Hall–Kier alpha value is -2.90. The molecule has 2 N–H and O–H groups in total. The zero-order chi connectivity index (χ0) is 20.5. The number of nitrogens with one attached hydrogen (secondary N) is 2. The number of morpholine rings is 1. The summed E-state index contributed by atoms with van der Waals surface area (Å²) < 4.78 is 10.7. The summed E-state index contributed by atoms with van der Waals surface area (Å²) in [6.07, 6.45) is 0. The number of carbonyl (C=O) groups is 1. The second-order valence-electron chi connectivity index (χ2n) is 6.86. The van der Waals surface area contributed by atoms with Crippen molar-refractivity contribution in [3.63, 3.8) is 0 Å². The highest BCUT2D eigenvalue weighted by Crippen LogP contribution is 2.16. The minimum atomic E-state index is -0.200. The van der Waals surface area contributed by atoms with Crippen molar-refractivity contribution in [2.75, 3.05) is 51.8 Å². The highest BCUT2D eigenvalue weighted by molar-refractivity contribution is 6.10. The molecule has 1 fully saturated rings. The molecule has 0 unspecified atom stereocenters. The summed E-state index contributed by atoms with van der Waals surface area (Å²) in [5.41, 5.74) is 2.42. The average molecular weight is 396 g/mol. The van der Waals surface area contributed by atoms with Gasteiger partial charge in [0.15, 0.2) is 0 Å². The number of guanidine groups is 1. The molecule has 0 bridgehead atoms. The SMILES string of the molecule is COc1cccc(NC(=NCCN2CCOCC2)NC(=O)c2cccc(C)c2)c1. The lowest BCUT2D eigenvalue weighted by molar-refractivity contribution is 0.0394. The Morgan fingerprint density at radius 1 is 1.17 bits per heavy atom. The monoisotopic (exact) mass is 396 g/mol. The van der Waals surface area contributed by atoms with E-state index >= 15 is 0 Å². The lowest BCUT2D eigenvalue weighted by Crippen LogP contribution is -2.39. The Balaban J connectivity index is 1.70. The number of rotatable bonds is 6. The number of aryl methyl sites for hydroxylation is 1. The van der Waals surface area contributed by atoms with Gasteiger partial charge in [0, 0.05) is 37.0 Å². The maximum atomic E-state index is 12.7. The van der Waals surface area contributed by atoms with Gasteiger partial charge >= 0.3 is 0 Å².